The number of amides is 1. The zero-order valence-electron chi connectivity index (χ0n) is 17.7. The van der Waals surface area contributed by atoms with Gasteiger partial charge in [0.2, 0.25) is 0 Å². The summed E-state index contributed by atoms with van der Waals surface area (Å²) < 4.78 is 7.74. The molecule has 0 bridgehead atoms. The van der Waals surface area contributed by atoms with E-state index in [9.17, 15) is 4.79 Å². The third-order valence-electron chi connectivity index (χ3n) is 5.00. The number of nitrogens with one attached hydrogen (secondary N) is 1. The van der Waals surface area contributed by atoms with Gasteiger partial charge in [-0.05, 0) is 54.7 Å². The molecular formula is C24H29N3O2. The van der Waals surface area contributed by atoms with Crippen molar-refractivity contribution in [2.24, 2.45) is 0 Å². The van der Waals surface area contributed by atoms with Crippen molar-refractivity contribution in [2.45, 2.75) is 46.6 Å². The minimum atomic E-state index is -0.202. The summed E-state index contributed by atoms with van der Waals surface area (Å²) in [6, 6.07) is 10.0. The maximum atomic E-state index is 13.3. The zero-order valence-corrected chi connectivity index (χ0v) is 17.7. The number of anilines is 1. The van der Waals surface area contributed by atoms with Gasteiger partial charge in [-0.2, -0.15) is 0 Å². The molecule has 0 radical (unpaired) electrons. The number of nitrogens with zero attached hydrogens (tertiary/aromatic N) is 2. The minimum Gasteiger partial charge on any atom is -0.490 e. The maximum Gasteiger partial charge on any atom is 0.273 e. The lowest BCUT2D eigenvalue weighted by Gasteiger charge is -2.13. The number of allylic oxidation sites excluding steroid dienone is 1. The average Bonchev–Trinajstić information content (AvgIpc) is 2.99. The van der Waals surface area contributed by atoms with E-state index < -0.39 is 0 Å². The molecule has 29 heavy (non-hydrogen) atoms. The largest absolute Gasteiger partial charge is 0.490 e. The second-order valence-electron chi connectivity index (χ2n) is 7.46. The number of carbonyl (C=O) groups excluding carboxylic acids is 1. The van der Waals surface area contributed by atoms with Gasteiger partial charge in [-0.1, -0.05) is 32.9 Å². The summed E-state index contributed by atoms with van der Waals surface area (Å²) in [6.07, 6.45) is 4.34. The fourth-order valence-corrected chi connectivity index (χ4v) is 3.49. The number of aromatic nitrogens is 2. The number of aryl methyl sites for hydroxylation is 1. The summed E-state index contributed by atoms with van der Waals surface area (Å²) in [5.41, 5.74) is 3.85. The van der Waals surface area contributed by atoms with Gasteiger partial charge in [-0.3, -0.25) is 4.79 Å². The Morgan fingerprint density at radius 1 is 1.34 bits per heavy atom. The number of hydrogen-bond donors (Lipinski definition) is 1. The third kappa shape index (κ3) is 4.19. The highest BCUT2D eigenvalue weighted by Crippen LogP contribution is 2.30. The zero-order chi connectivity index (χ0) is 21.0. The maximum absolute atomic E-state index is 13.3. The monoisotopic (exact) mass is 391 g/mol. The Labute approximate surface area is 172 Å². The van der Waals surface area contributed by atoms with Crippen LogP contribution in [0.5, 0.6) is 5.75 Å². The molecule has 0 aliphatic heterocycles. The number of pyridine rings is 1. The SMILES string of the molecule is C=CCn1c(C(=O)Nc2ncccc2OCCC)c(C)c2cc(C(C)C)ccc21. The van der Waals surface area contributed by atoms with Crippen molar-refractivity contribution in [3.8, 4) is 5.75 Å². The topological polar surface area (TPSA) is 56.2 Å². The van der Waals surface area contributed by atoms with E-state index in [0.717, 1.165) is 22.9 Å². The molecule has 2 aromatic heterocycles. The van der Waals surface area contributed by atoms with Gasteiger partial charge in [0.1, 0.15) is 5.69 Å². The van der Waals surface area contributed by atoms with Crippen molar-refractivity contribution in [1.82, 2.24) is 9.55 Å². The van der Waals surface area contributed by atoms with E-state index in [-0.39, 0.29) is 5.91 Å². The van der Waals surface area contributed by atoms with Crippen LogP contribution in [0.2, 0.25) is 0 Å². The van der Waals surface area contributed by atoms with Gasteiger partial charge in [0.25, 0.3) is 5.91 Å². The second-order valence-corrected chi connectivity index (χ2v) is 7.46. The smallest absolute Gasteiger partial charge is 0.273 e. The molecule has 0 atom stereocenters. The van der Waals surface area contributed by atoms with E-state index in [2.05, 4.69) is 48.9 Å². The van der Waals surface area contributed by atoms with Crippen molar-refractivity contribution in [2.75, 3.05) is 11.9 Å². The molecule has 3 rings (SSSR count). The fourth-order valence-electron chi connectivity index (χ4n) is 3.49. The first-order valence-corrected chi connectivity index (χ1v) is 10.1. The standard InChI is InChI=1S/C24H29N3O2/c1-6-13-27-20-11-10-18(16(3)4)15-19(20)17(5)22(27)24(28)26-23-21(29-14-7-2)9-8-12-25-23/h6,8-12,15-16H,1,7,13-14H2,2-5H3,(H,25,26,28). The molecule has 0 unspecified atom stereocenters. The van der Waals surface area contributed by atoms with Gasteiger partial charge >= 0.3 is 0 Å². The molecule has 1 aromatic carbocycles. The summed E-state index contributed by atoms with van der Waals surface area (Å²) in [5.74, 6) is 1.23. The Morgan fingerprint density at radius 3 is 2.83 bits per heavy atom. The molecule has 0 aliphatic rings. The first-order valence-electron chi connectivity index (χ1n) is 10.1. The summed E-state index contributed by atoms with van der Waals surface area (Å²) in [7, 11) is 0. The number of carbonyl (C=O) groups is 1. The first kappa shape index (κ1) is 20.6. The van der Waals surface area contributed by atoms with Crippen LogP contribution in [0.3, 0.4) is 0 Å². The first-order chi connectivity index (χ1) is 14.0. The highest BCUT2D eigenvalue weighted by Gasteiger charge is 2.22. The van der Waals surface area contributed by atoms with Crippen molar-refractivity contribution in [1.29, 1.82) is 0 Å². The van der Waals surface area contributed by atoms with Crippen LogP contribution in [0.1, 0.15) is 54.7 Å². The molecule has 0 aliphatic carbocycles. The Bertz CT molecular complexity index is 1030. The van der Waals surface area contributed by atoms with Crippen LogP contribution >= 0.6 is 0 Å². The van der Waals surface area contributed by atoms with Crippen LogP contribution in [0.4, 0.5) is 5.82 Å². The number of hydrogen-bond acceptors (Lipinski definition) is 3. The van der Waals surface area contributed by atoms with Crippen molar-refractivity contribution in [3.63, 3.8) is 0 Å². The highest BCUT2D eigenvalue weighted by molar-refractivity contribution is 6.08. The fraction of sp³-hybridized carbons (Fsp3) is 0.333. The average molecular weight is 392 g/mol. The third-order valence-corrected chi connectivity index (χ3v) is 5.00. The van der Waals surface area contributed by atoms with E-state index in [4.69, 9.17) is 4.74 Å². The molecule has 0 saturated heterocycles. The van der Waals surface area contributed by atoms with E-state index >= 15 is 0 Å². The van der Waals surface area contributed by atoms with Crippen LogP contribution in [0.25, 0.3) is 10.9 Å². The van der Waals surface area contributed by atoms with E-state index in [0.29, 0.717) is 36.3 Å². The molecule has 0 fully saturated rings. The highest BCUT2D eigenvalue weighted by atomic mass is 16.5. The summed E-state index contributed by atoms with van der Waals surface area (Å²) >= 11 is 0. The predicted molar refractivity (Wildman–Crippen MR) is 119 cm³/mol. The number of rotatable bonds is 8. The summed E-state index contributed by atoms with van der Waals surface area (Å²) in [5, 5.41) is 4.03. The molecule has 1 N–H and O–H groups in total. The van der Waals surface area contributed by atoms with Crippen LogP contribution in [-0.2, 0) is 6.54 Å². The van der Waals surface area contributed by atoms with Crippen LogP contribution in [0.15, 0.2) is 49.2 Å². The minimum absolute atomic E-state index is 0.202. The lowest BCUT2D eigenvalue weighted by Crippen LogP contribution is -2.19. The predicted octanol–water partition coefficient (Wildman–Crippen LogP) is 5.70. The Morgan fingerprint density at radius 2 is 2.14 bits per heavy atom. The van der Waals surface area contributed by atoms with Gasteiger partial charge in [0.15, 0.2) is 11.6 Å². The van der Waals surface area contributed by atoms with Gasteiger partial charge in [-0.25, -0.2) is 4.98 Å². The molecular weight excluding hydrogens is 362 g/mol. The molecule has 5 heteroatoms. The Hall–Kier alpha value is -3.08. The van der Waals surface area contributed by atoms with Crippen molar-refractivity contribution < 1.29 is 9.53 Å². The van der Waals surface area contributed by atoms with Crippen LogP contribution in [0, 0.1) is 6.92 Å². The van der Waals surface area contributed by atoms with Gasteiger partial charge in [0, 0.05) is 23.6 Å². The van der Waals surface area contributed by atoms with E-state index in [1.54, 1.807) is 12.3 Å². The van der Waals surface area contributed by atoms with Crippen molar-refractivity contribution in [3.05, 3.63) is 66.0 Å². The number of ether oxygens (including phenoxy) is 1. The van der Waals surface area contributed by atoms with Gasteiger partial charge in [0.05, 0.1) is 6.61 Å². The molecule has 152 valence electrons. The van der Waals surface area contributed by atoms with Crippen molar-refractivity contribution >= 4 is 22.6 Å². The normalized spacial score (nSPS) is 11.1. The molecule has 0 spiro atoms. The molecule has 3 aromatic rings. The number of benzene rings is 1. The quantitative estimate of drug-likeness (QED) is 0.502. The lowest BCUT2D eigenvalue weighted by atomic mass is 10.0. The van der Waals surface area contributed by atoms with Crippen LogP contribution < -0.4 is 10.1 Å². The molecule has 5 nitrogen and oxygen atoms in total. The second kappa shape index (κ2) is 8.95. The lowest BCUT2D eigenvalue weighted by molar-refractivity contribution is 0.101. The number of fused-ring (bicyclic) bond motifs is 1. The molecule has 2 heterocycles. The molecule has 1 amide bonds. The summed E-state index contributed by atoms with van der Waals surface area (Å²) in [4.78, 5) is 17.6. The van der Waals surface area contributed by atoms with Gasteiger partial charge < -0.3 is 14.6 Å². The Balaban J connectivity index is 2.04. The van der Waals surface area contributed by atoms with E-state index in [1.165, 1.54) is 5.56 Å². The summed E-state index contributed by atoms with van der Waals surface area (Å²) in [6.45, 7) is 13.4. The molecule has 0 saturated carbocycles. The Kier molecular flexibility index (Phi) is 6.37. The van der Waals surface area contributed by atoms with Gasteiger partial charge in [-0.15, -0.1) is 6.58 Å². The van der Waals surface area contributed by atoms with E-state index in [1.807, 2.05) is 30.6 Å². The van der Waals surface area contributed by atoms with Crippen LogP contribution in [-0.4, -0.2) is 22.1 Å².